The lowest BCUT2D eigenvalue weighted by Gasteiger charge is -2.38. The number of carbonyl (C=O) groups excluding carboxylic acids is 3. The number of nitrogen functional groups attached to an aromatic ring is 1. The fourth-order valence-electron chi connectivity index (χ4n) is 5.47. The molecule has 0 radical (unpaired) electrons. The number of ether oxygens (including phenoxy) is 1. The molecule has 0 saturated heterocycles. The largest absolute Gasteiger partial charge is 0.486 e. The molecule has 10 nitrogen and oxygen atoms in total. The number of nitrogens with zero attached hydrogens (tertiary/aromatic N) is 2. The summed E-state index contributed by atoms with van der Waals surface area (Å²) < 4.78 is 6.59. The predicted octanol–water partition coefficient (Wildman–Crippen LogP) is 4.36. The molecule has 1 saturated carbocycles. The Hall–Kier alpha value is -3.63. The number of hydrogen-bond donors (Lipinski definition) is 4. The van der Waals surface area contributed by atoms with Gasteiger partial charge in [-0.3, -0.25) is 14.4 Å². The maximum atomic E-state index is 13.7. The van der Waals surface area contributed by atoms with Crippen molar-refractivity contribution < 1.29 is 24.2 Å². The van der Waals surface area contributed by atoms with Crippen LogP contribution in [0.25, 0.3) is 0 Å². The minimum absolute atomic E-state index is 0.00652. The van der Waals surface area contributed by atoms with E-state index < -0.39 is 0 Å². The summed E-state index contributed by atoms with van der Waals surface area (Å²) in [5, 5.41) is 15.7. The van der Waals surface area contributed by atoms with Crippen molar-refractivity contribution >= 4 is 34.8 Å². The highest BCUT2D eigenvalue weighted by molar-refractivity contribution is 6.01. The highest BCUT2D eigenvalue weighted by Gasteiger charge is 2.35. The molecule has 3 amide bonds. The van der Waals surface area contributed by atoms with Gasteiger partial charge in [-0.05, 0) is 69.8 Å². The Morgan fingerprint density at radius 1 is 1.02 bits per heavy atom. The highest BCUT2D eigenvalue weighted by Crippen LogP contribution is 2.36. The first kappa shape index (κ1) is 32.3. The highest BCUT2D eigenvalue weighted by atomic mass is 16.5. The number of anilines is 3. The molecule has 4 rings (SSSR count). The second kappa shape index (κ2) is 15.2. The number of unbranched alkanes of at least 4 members (excludes halogenated alkanes) is 2. The fourth-order valence-corrected chi connectivity index (χ4v) is 5.47. The van der Waals surface area contributed by atoms with Crippen LogP contribution in [0.3, 0.4) is 0 Å². The minimum atomic E-state index is -0.351. The Morgan fingerprint density at radius 3 is 2.33 bits per heavy atom. The zero-order chi connectivity index (χ0) is 30.9. The quantitative estimate of drug-likeness (QED) is 0.189. The van der Waals surface area contributed by atoms with E-state index in [0.717, 1.165) is 12.5 Å². The van der Waals surface area contributed by atoms with Crippen molar-refractivity contribution in [2.75, 3.05) is 49.7 Å². The normalized spacial score (nSPS) is 19.2. The van der Waals surface area contributed by atoms with Gasteiger partial charge in [0.25, 0.3) is 5.91 Å². The van der Waals surface area contributed by atoms with E-state index in [1.54, 1.807) is 35.2 Å². The lowest BCUT2D eigenvalue weighted by Crippen LogP contribution is -2.50. The fraction of sp³-hybridized carbons (Fsp3) is 0.545. The summed E-state index contributed by atoms with van der Waals surface area (Å²) in [5.41, 5.74) is 7.86. The molecule has 0 unspecified atom stereocenters. The van der Waals surface area contributed by atoms with Gasteiger partial charge in [0.1, 0.15) is 6.10 Å². The molecule has 234 valence electrons. The molecule has 2 aromatic rings. The summed E-state index contributed by atoms with van der Waals surface area (Å²) in [6, 6.07) is 12.0. The molecule has 3 atom stereocenters. The van der Waals surface area contributed by atoms with Crippen molar-refractivity contribution in [3.05, 3.63) is 48.0 Å². The zero-order valence-corrected chi connectivity index (χ0v) is 25.7. The Kier molecular flexibility index (Phi) is 11.4. The number of amides is 3. The van der Waals surface area contributed by atoms with Crippen LogP contribution in [0.1, 0.15) is 69.2 Å². The molecule has 1 heterocycles. The van der Waals surface area contributed by atoms with E-state index in [9.17, 15) is 19.5 Å². The van der Waals surface area contributed by atoms with Gasteiger partial charge in [0, 0.05) is 38.4 Å². The van der Waals surface area contributed by atoms with Crippen molar-refractivity contribution in [2.45, 2.75) is 70.9 Å². The van der Waals surface area contributed by atoms with Crippen LogP contribution >= 0.6 is 0 Å². The van der Waals surface area contributed by atoms with Crippen molar-refractivity contribution in [2.24, 2.45) is 11.8 Å². The summed E-state index contributed by atoms with van der Waals surface area (Å²) in [5.74, 6) is 0.615. The third kappa shape index (κ3) is 9.18. The predicted molar refractivity (Wildman–Crippen MR) is 169 cm³/mol. The maximum absolute atomic E-state index is 13.7. The molecular weight excluding hydrogens is 546 g/mol. The van der Waals surface area contributed by atoms with E-state index in [1.165, 1.54) is 12.8 Å². The van der Waals surface area contributed by atoms with Gasteiger partial charge in [-0.2, -0.15) is 0 Å². The van der Waals surface area contributed by atoms with Gasteiger partial charge in [-0.1, -0.05) is 31.5 Å². The maximum Gasteiger partial charge on any atom is 0.258 e. The SMILES string of the molecule is C[C@@H]1CN([C@@H](C)CO)C(=O)c2cccc(NC(=O)CCCCCC(=O)Nc3ccccc3N)c2O[C@H]1CN(C)CC1CC1. The van der Waals surface area contributed by atoms with E-state index in [4.69, 9.17) is 10.5 Å². The van der Waals surface area contributed by atoms with Crippen LogP contribution in [0, 0.1) is 11.8 Å². The van der Waals surface area contributed by atoms with Gasteiger partial charge < -0.3 is 36.0 Å². The Bertz CT molecular complexity index is 1270. The number of likely N-dealkylation sites (N-methyl/N-ethyl adjacent to an activating group) is 1. The van der Waals surface area contributed by atoms with Crippen LogP contribution in [-0.4, -0.2) is 78.1 Å². The summed E-state index contributed by atoms with van der Waals surface area (Å²) in [6.45, 7) is 5.94. The van der Waals surface area contributed by atoms with E-state index in [-0.39, 0.29) is 48.8 Å². The molecular formula is C33H47N5O5. The molecule has 1 aliphatic carbocycles. The van der Waals surface area contributed by atoms with Crippen molar-refractivity contribution in [1.29, 1.82) is 0 Å². The number of rotatable bonds is 14. The number of nitrogens with two attached hydrogens (primary N) is 1. The number of aliphatic hydroxyl groups is 1. The van der Waals surface area contributed by atoms with Gasteiger partial charge >= 0.3 is 0 Å². The topological polar surface area (TPSA) is 137 Å². The molecule has 0 bridgehead atoms. The summed E-state index contributed by atoms with van der Waals surface area (Å²) in [7, 11) is 2.10. The van der Waals surface area contributed by atoms with Crippen LogP contribution in [0.4, 0.5) is 17.1 Å². The van der Waals surface area contributed by atoms with E-state index >= 15 is 0 Å². The van der Waals surface area contributed by atoms with Crippen LogP contribution in [0.15, 0.2) is 42.5 Å². The molecule has 5 N–H and O–H groups in total. The average molecular weight is 594 g/mol. The molecule has 1 fully saturated rings. The van der Waals surface area contributed by atoms with Gasteiger partial charge in [-0.15, -0.1) is 0 Å². The number of fused-ring (bicyclic) bond motifs is 1. The first-order valence-corrected chi connectivity index (χ1v) is 15.5. The van der Waals surface area contributed by atoms with Crippen molar-refractivity contribution in [3.63, 3.8) is 0 Å². The van der Waals surface area contributed by atoms with Gasteiger partial charge in [0.2, 0.25) is 11.8 Å². The zero-order valence-electron chi connectivity index (χ0n) is 25.7. The summed E-state index contributed by atoms with van der Waals surface area (Å²) in [4.78, 5) is 42.9. The lowest BCUT2D eigenvalue weighted by atomic mass is 9.99. The third-order valence-corrected chi connectivity index (χ3v) is 8.27. The Morgan fingerprint density at radius 2 is 1.67 bits per heavy atom. The smallest absolute Gasteiger partial charge is 0.258 e. The Balaban J connectivity index is 1.38. The standard InChI is InChI=1S/C33H47N5O5/c1-22-18-38(23(2)21-39)33(42)25-10-9-13-28(32(25)43-29(22)20-37(3)19-24-16-17-24)36-31(41)15-6-4-5-14-30(40)35-27-12-8-7-11-26(27)34/h7-13,22-24,29,39H,4-6,14-21,34H2,1-3H3,(H,35,40)(H,36,41)/t22-,23+,29+/m1/s1. The van der Waals surface area contributed by atoms with E-state index in [2.05, 4.69) is 29.5 Å². The third-order valence-electron chi connectivity index (χ3n) is 8.27. The van der Waals surface area contributed by atoms with Crippen LogP contribution < -0.4 is 21.1 Å². The first-order valence-electron chi connectivity index (χ1n) is 15.5. The molecule has 10 heteroatoms. The number of para-hydroxylation sites is 3. The van der Waals surface area contributed by atoms with Crippen molar-refractivity contribution in [1.82, 2.24) is 9.80 Å². The summed E-state index contributed by atoms with van der Waals surface area (Å²) in [6.07, 6.45) is 4.92. The average Bonchev–Trinajstić information content (AvgIpc) is 3.79. The molecule has 1 aliphatic heterocycles. The van der Waals surface area contributed by atoms with Crippen LogP contribution in [-0.2, 0) is 9.59 Å². The van der Waals surface area contributed by atoms with Gasteiger partial charge in [0.05, 0.1) is 35.3 Å². The second-order valence-electron chi connectivity index (χ2n) is 12.2. The molecule has 0 aromatic heterocycles. The molecule has 2 aromatic carbocycles. The Labute approximate surface area is 254 Å². The van der Waals surface area contributed by atoms with Crippen LogP contribution in [0.2, 0.25) is 0 Å². The number of hydrogen-bond acceptors (Lipinski definition) is 7. The minimum Gasteiger partial charge on any atom is -0.486 e. The first-order chi connectivity index (χ1) is 20.7. The molecule has 0 spiro atoms. The molecule has 2 aliphatic rings. The number of nitrogens with one attached hydrogen (secondary N) is 2. The number of benzene rings is 2. The monoisotopic (exact) mass is 593 g/mol. The number of carbonyl (C=O) groups is 3. The summed E-state index contributed by atoms with van der Waals surface area (Å²) >= 11 is 0. The molecule has 43 heavy (non-hydrogen) atoms. The second-order valence-corrected chi connectivity index (χ2v) is 12.2. The van der Waals surface area contributed by atoms with E-state index in [0.29, 0.717) is 67.1 Å². The van der Waals surface area contributed by atoms with Crippen molar-refractivity contribution in [3.8, 4) is 5.75 Å². The van der Waals surface area contributed by atoms with Gasteiger partial charge in [-0.25, -0.2) is 0 Å². The lowest BCUT2D eigenvalue weighted by molar-refractivity contribution is -0.116. The number of aliphatic hydroxyl groups excluding tert-OH is 1. The van der Waals surface area contributed by atoms with Crippen LogP contribution in [0.5, 0.6) is 5.75 Å². The van der Waals surface area contributed by atoms with E-state index in [1.807, 2.05) is 19.1 Å². The van der Waals surface area contributed by atoms with Gasteiger partial charge in [0.15, 0.2) is 5.75 Å².